The maximum absolute atomic E-state index is 11.0. The number of hydrogen-bond donors (Lipinski definition) is 1. The Kier molecular flexibility index (Phi) is 11.8. The Labute approximate surface area is 214 Å². The average molecular weight is 475 g/mol. The van der Waals surface area contributed by atoms with E-state index < -0.39 is 0 Å². The first-order valence-electron chi connectivity index (χ1n) is 16.0. The third-order valence-electron chi connectivity index (χ3n) is 11.6. The van der Waals surface area contributed by atoms with E-state index in [2.05, 4.69) is 41.5 Å². The minimum absolute atomic E-state index is 0.0571. The molecular formula is C33H62O. The van der Waals surface area contributed by atoms with Crippen molar-refractivity contribution in [3.63, 3.8) is 0 Å². The Hall–Kier alpha value is -0.0400. The SMILES string of the molecule is CCC[C@@H](C[C@H](C)CC(CC)C1CCC([C@@H](C)C2CCCCC2)CC1)C1C(O)CC[C@@H](C)[C@H]1C. The molecule has 3 fully saturated rings. The highest BCUT2D eigenvalue weighted by Gasteiger charge is 2.39. The van der Waals surface area contributed by atoms with Crippen molar-refractivity contribution < 1.29 is 5.11 Å². The van der Waals surface area contributed by atoms with Gasteiger partial charge in [0.15, 0.2) is 0 Å². The van der Waals surface area contributed by atoms with Gasteiger partial charge in [-0.2, -0.15) is 0 Å². The second-order valence-electron chi connectivity index (χ2n) is 13.8. The fraction of sp³-hybridized carbons (Fsp3) is 1.00. The first-order chi connectivity index (χ1) is 16.3. The number of rotatable bonds is 11. The van der Waals surface area contributed by atoms with Gasteiger partial charge in [-0.15, -0.1) is 0 Å². The van der Waals surface area contributed by atoms with Crippen LogP contribution >= 0.6 is 0 Å². The minimum atomic E-state index is -0.0571. The lowest BCUT2D eigenvalue weighted by atomic mass is 9.63. The van der Waals surface area contributed by atoms with Gasteiger partial charge < -0.3 is 5.11 Å². The minimum Gasteiger partial charge on any atom is -0.393 e. The van der Waals surface area contributed by atoms with E-state index in [1.165, 1.54) is 96.3 Å². The second-order valence-corrected chi connectivity index (χ2v) is 13.8. The summed E-state index contributed by atoms with van der Waals surface area (Å²) in [5.74, 6) is 8.43. The van der Waals surface area contributed by atoms with E-state index >= 15 is 0 Å². The van der Waals surface area contributed by atoms with Crippen molar-refractivity contribution in [2.75, 3.05) is 0 Å². The maximum atomic E-state index is 11.0. The first kappa shape index (κ1) is 28.5. The van der Waals surface area contributed by atoms with Crippen LogP contribution in [0.5, 0.6) is 0 Å². The number of aliphatic hydroxyl groups is 1. The summed E-state index contributed by atoms with van der Waals surface area (Å²) in [5, 5.41) is 11.0. The summed E-state index contributed by atoms with van der Waals surface area (Å²) in [6.45, 7) is 14.8. The van der Waals surface area contributed by atoms with Crippen molar-refractivity contribution in [2.24, 2.45) is 59.2 Å². The van der Waals surface area contributed by atoms with Gasteiger partial charge in [0.25, 0.3) is 0 Å². The lowest BCUT2D eigenvalue weighted by Gasteiger charge is -2.44. The predicted molar refractivity (Wildman–Crippen MR) is 149 cm³/mol. The highest BCUT2D eigenvalue weighted by Crippen LogP contribution is 2.46. The van der Waals surface area contributed by atoms with E-state index in [1.807, 2.05) is 0 Å². The van der Waals surface area contributed by atoms with Crippen molar-refractivity contribution in [1.29, 1.82) is 0 Å². The zero-order valence-electron chi connectivity index (χ0n) is 24.1. The van der Waals surface area contributed by atoms with Gasteiger partial charge in [-0.3, -0.25) is 0 Å². The van der Waals surface area contributed by atoms with E-state index in [1.54, 1.807) is 0 Å². The van der Waals surface area contributed by atoms with E-state index in [4.69, 9.17) is 0 Å². The van der Waals surface area contributed by atoms with E-state index in [-0.39, 0.29) is 6.10 Å². The molecule has 1 heteroatoms. The normalized spacial score (nSPS) is 37.1. The zero-order chi connectivity index (χ0) is 24.7. The molecule has 34 heavy (non-hydrogen) atoms. The van der Waals surface area contributed by atoms with Crippen LogP contribution in [0.3, 0.4) is 0 Å². The molecule has 0 bridgehead atoms. The number of hydrogen-bond acceptors (Lipinski definition) is 1. The second kappa shape index (κ2) is 14.0. The summed E-state index contributed by atoms with van der Waals surface area (Å²) < 4.78 is 0. The van der Waals surface area contributed by atoms with Gasteiger partial charge in [0.05, 0.1) is 6.10 Å². The van der Waals surface area contributed by atoms with Gasteiger partial charge in [-0.25, -0.2) is 0 Å². The van der Waals surface area contributed by atoms with Crippen molar-refractivity contribution in [2.45, 2.75) is 150 Å². The van der Waals surface area contributed by atoms with E-state index in [9.17, 15) is 5.11 Å². The molecule has 0 amide bonds. The summed E-state index contributed by atoms with van der Waals surface area (Å²) in [5.41, 5.74) is 0. The topological polar surface area (TPSA) is 20.2 Å². The van der Waals surface area contributed by atoms with Gasteiger partial charge in [-0.05, 0) is 111 Å². The van der Waals surface area contributed by atoms with Crippen molar-refractivity contribution in [1.82, 2.24) is 0 Å². The molecule has 8 atom stereocenters. The highest BCUT2D eigenvalue weighted by molar-refractivity contribution is 4.89. The average Bonchev–Trinajstić information content (AvgIpc) is 2.85. The van der Waals surface area contributed by atoms with Gasteiger partial charge >= 0.3 is 0 Å². The molecule has 3 aliphatic rings. The van der Waals surface area contributed by atoms with Crippen molar-refractivity contribution >= 4 is 0 Å². The first-order valence-corrected chi connectivity index (χ1v) is 16.0. The van der Waals surface area contributed by atoms with Crippen LogP contribution in [0.1, 0.15) is 144 Å². The Balaban J connectivity index is 1.51. The molecule has 1 N–H and O–H groups in total. The summed E-state index contributed by atoms with van der Waals surface area (Å²) in [4.78, 5) is 0. The molecule has 0 aliphatic heterocycles. The molecular weight excluding hydrogens is 412 g/mol. The molecule has 3 aliphatic carbocycles. The quantitative estimate of drug-likeness (QED) is 0.316. The third kappa shape index (κ3) is 7.49. The molecule has 0 spiro atoms. The summed E-state index contributed by atoms with van der Waals surface area (Å²) in [6, 6.07) is 0. The standard InChI is InChI=1S/C33H62O/c1-7-12-31(33-25(5)24(4)15-20-32(33)34)22-23(3)21-27(8-2)30-18-16-29(17-19-30)26(6)28-13-10-9-11-14-28/h23-34H,7-22H2,1-6H3/t23-,24-,25-,26+,27?,29?,30?,31+,32?,33?/m1/s1. The lowest BCUT2D eigenvalue weighted by Crippen LogP contribution is -2.40. The van der Waals surface area contributed by atoms with Gasteiger partial charge in [0.1, 0.15) is 0 Å². The molecule has 0 radical (unpaired) electrons. The van der Waals surface area contributed by atoms with Crippen LogP contribution in [0.4, 0.5) is 0 Å². The largest absolute Gasteiger partial charge is 0.393 e. The maximum Gasteiger partial charge on any atom is 0.0573 e. The monoisotopic (exact) mass is 474 g/mol. The van der Waals surface area contributed by atoms with Crippen LogP contribution in [0.25, 0.3) is 0 Å². The van der Waals surface area contributed by atoms with Crippen LogP contribution in [-0.2, 0) is 0 Å². The van der Waals surface area contributed by atoms with Gasteiger partial charge in [-0.1, -0.05) is 92.9 Å². The fourth-order valence-corrected chi connectivity index (χ4v) is 9.21. The molecule has 0 aromatic heterocycles. The van der Waals surface area contributed by atoms with Crippen LogP contribution in [-0.4, -0.2) is 11.2 Å². The summed E-state index contributed by atoms with van der Waals surface area (Å²) >= 11 is 0. The third-order valence-corrected chi connectivity index (χ3v) is 11.6. The molecule has 1 nitrogen and oxygen atoms in total. The van der Waals surface area contributed by atoms with E-state index in [0.29, 0.717) is 11.8 Å². The Morgan fingerprint density at radius 2 is 1.29 bits per heavy atom. The van der Waals surface area contributed by atoms with E-state index in [0.717, 1.165) is 53.8 Å². The van der Waals surface area contributed by atoms with Crippen LogP contribution in [0.2, 0.25) is 0 Å². The molecule has 3 saturated carbocycles. The van der Waals surface area contributed by atoms with Crippen LogP contribution in [0, 0.1) is 59.2 Å². The Morgan fingerprint density at radius 3 is 1.91 bits per heavy atom. The predicted octanol–water partition coefficient (Wildman–Crippen LogP) is 9.91. The smallest absolute Gasteiger partial charge is 0.0573 e. The molecule has 0 saturated heterocycles. The van der Waals surface area contributed by atoms with Crippen molar-refractivity contribution in [3.05, 3.63) is 0 Å². The molecule has 0 aromatic carbocycles. The number of aliphatic hydroxyl groups excluding tert-OH is 1. The fourth-order valence-electron chi connectivity index (χ4n) is 9.21. The lowest BCUT2D eigenvalue weighted by molar-refractivity contribution is -0.0272. The summed E-state index contributed by atoms with van der Waals surface area (Å²) in [7, 11) is 0. The zero-order valence-corrected chi connectivity index (χ0v) is 24.1. The van der Waals surface area contributed by atoms with Gasteiger partial charge in [0.2, 0.25) is 0 Å². The summed E-state index contributed by atoms with van der Waals surface area (Å²) in [6.07, 6.45) is 22.4. The molecule has 3 unspecified atom stereocenters. The Bertz CT molecular complexity index is 543. The van der Waals surface area contributed by atoms with Crippen LogP contribution in [0.15, 0.2) is 0 Å². The Morgan fingerprint density at radius 1 is 0.706 bits per heavy atom. The van der Waals surface area contributed by atoms with Gasteiger partial charge in [0, 0.05) is 0 Å². The van der Waals surface area contributed by atoms with Crippen LogP contribution < -0.4 is 0 Å². The van der Waals surface area contributed by atoms with Crippen molar-refractivity contribution in [3.8, 4) is 0 Å². The highest BCUT2D eigenvalue weighted by atomic mass is 16.3. The molecule has 0 heterocycles. The molecule has 200 valence electrons. The molecule has 0 aromatic rings. The molecule has 3 rings (SSSR count).